The minimum atomic E-state index is -0.575. The van der Waals surface area contributed by atoms with Crippen LogP contribution >= 0.6 is 11.6 Å². The average molecular weight is 446 g/mol. The number of hydrogen-bond donors (Lipinski definition) is 0. The van der Waals surface area contributed by atoms with E-state index in [-0.39, 0.29) is 5.02 Å². The number of esters is 1. The van der Waals surface area contributed by atoms with Gasteiger partial charge in [-0.15, -0.1) is 0 Å². The molecule has 0 bridgehead atoms. The van der Waals surface area contributed by atoms with Gasteiger partial charge in [-0.05, 0) is 31.2 Å². The fourth-order valence-corrected chi connectivity index (χ4v) is 3.56. The highest BCUT2D eigenvalue weighted by atomic mass is 35.5. The van der Waals surface area contributed by atoms with Gasteiger partial charge in [-0.3, -0.25) is 4.98 Å². The standard InChI is InChI=1S/C22H21ClFN3O4/c1-13(31-15-3-4-17(23)18(24)11-15)16-9-14(22(28)29-2)10-19-21(16)26-20(12-25-19)27-5-7-30-8-6-27/h3-4,9-13H,5-8H2,1-2H3. The van der Waals surface area contributed by atoms with Gasteiger partial charge < -0.3 is 19.1 Å². The van der Waals surface area contributed by atoms with Crippen molar-refractivity contribution in [3.63, 3.8) is 0 Å². The summed E-state index contributed by atoms with van der Waals surface area (Å²) in [6, 6.07) is 7.53. The molecule has 1 aromatic heterocycles. The van der Waals surface area contributed by atoms with Crippen LogP contribution in [0.4, 0.5) is 10.2 Å². The van der Waals surface area contributed by atoms with E-state index in [1.807, 2.05) is 0 Å². The topological polar surface area (TPSA) is 73.8 Å². The maximum Gasteiger partial charge on any atom is 0.337 e. The maximum absolute atomic E-state index is 13.8. The molecule has 0 spiro atoms. The minimum Gasteiger partial charge on any atom is -0.486 e. The van der Waals surface area contributed by atoms with Crippen LogP contribution in [-0.2, 0) is 9.47 Å². The van der Waals surface area contributed by atoms with Gasteiger partial charge >= 0.3 is 5.97 Å². The van der Waals surface area contributed by atoms with Crippen molar-refractivity contribution in [1.29, 1.82) is 0 Å². The van der Waals surface area contributed by atoms with Crippen molar-refractivity contribution in [2.24, 2.45) is 0 Å². The van der Waals surface area contributed by atoms with Crippen molar-refractivity contribution in [3.8, 4) is 5.75 Å². The summed E-state index contributed by atoms with van der Waals surface area (Å²) in [4.78, 5) is 23.6. The number of ether oxygens (including phenoxy) is 3. The molecular weight excluding hydrogens is 425 g/mol. The van der Waals surface area contributed by atoms with Gasteiger partial charge in [0.1, 0.15) is 23.5 Å². The molecule has 0 N–H and O–H groups in total. The Balaban J connectivity index is 1.76. The molecule has 1 atom stereocenters. The van der Waals surface area contributed by atoms with Gasteiger partial charge in [0.15, 0.2) is 0 Å². The fourth-order valence-electron chi connectivity index (χ4n) is 3.44. The van der Waals surface area contributed by atoms with E-state index in [2.05, 4.69) is 9.88 Å². The van der Waals surface area contributed by atoms with Gasteiger partial charge in [0.05, 0.1) is 48.1 Å². The first-order valence-corrected chi connectivity index (χ1v) is 10.2. The van der Waals surface area contributed by atoms with Gasteiger partial charge in [0, 0.05) is 24.7 Å². The Morgan fingerprint density at radius 1 is 1.26 bits per heavy atom. The summed E-state index contributed by atoms with van der Waals surface area (Å²) in [5, 5.41) is 0.0131. The highest BCUT2D eigenvalue weighted by Crippen LogP contribution is 2.31. The van der Waals surface area contributed by atoms with Gasteiger partial charge in [0.25, 0.3) is 0 Å². The number of methoxy groups -OCH3 is 1. The summed E-state index contributed by atoms with van der Waals surface area (Å²) in [7, 11) is 1.32. The van der Waals surface area contributed by atoms with Crippen molar-refractivity contribution in [3.05, 3.63) is 58.5 Å². The second-order valence-electron chi connectivity index (χ2n) is 7.09. The van der Waals surface area contributed by atoms with E-state index in [4.69, 9.17) is 30.8 Å². The number of morpholine rings is 1. The summed E-state index contributed by atoms with van der Waals surface area (Å²) in [6.45, 7) is 4.47. The van der Waals surface area contributed by atoms with E-state index in [1.165, 1.54) is 19.2 Å². The van der Waals surface area contributed by atoms with E-state index < -0.39 is 17.9 Å². The second kappa shape index (κ2) is 9.03. The Morgan fingerprint density at radius 3 is 2.74 bits per heavy atom. The van der Waals surface area contributed by atoms with Gasteiger partial charge in [0.2, 0.25) is 0 Å². The molecule has 0 amide bonds. The van der Waals surface area contributed by atoms with Crippen molar-refractivity contribution >= 4 is 34.4 Å². The molecule has 31 heavy (non-hydrogen) atoms. The van der Waals surface area contributed by atoms with Crippen molar-refractivity contribution in [2.45, 2.75) is 13.0 Å². The first-order chi connectivity index (χ1) is 15.0. The van der Waals surface area contributed by atoms with Gasteiger partial charge in [-0.25, -0.2) is 14.2 Å². The summed E-state index contributed by atoms with van der Waals surface area (Å²) in [5.41, 5.74) is 2.10. The van der Waals surface area contributed by atoms with Crippen LogP contribution in [0.25, 0.3) is 11.0 Å². The molecule has 2 aromatic carbocycles. The highest BCUT2D eigenvalue weighted by Gasteiger charge is 2.21. The minimum absolute atomic E-state index is 0.0131. The zero-order valence-corrected chi connectivity index (χ0v) is 17.9. The highest BCUT2D eigenvalue weighted by molar-refractivity contribution is 6.30. The molecule has 1 fully saturated rings. The largest absolute Gasteiger partial charge is 0.486 e. The number of rotatable bonds is 5. The lowest BCUT2D eigenvalue weighted by atomic mass is 10.0. The van der Waals surface area contributed by atoms with Crippen LogP contribution in [0.5, 0.6) is 5.75 Å². The summed E-state index contributed by atoms with van der Waals surface area (Å²) < 4.78 is 30.1. The Bertz CT molecular complexity index is 1120. The monoisotopic (exact) mass is 445 g/mol. The Morgan fingerprint density at radius 2 is 2.03 bits per heavy atom. The smallest absolute Gasteiger partial charge is 0.337 e. The molecular formula is C22H21ClFN3O4. The molecule has 1 aliphatic rings. The third kappa shape index (κ3) is 4.55. The molecule has 4 rings (SSSR count). The number of fused-ring (bicyclic) bond motifs is 1. The van der Waals surface area contributed by atoms with Crippen LogP contribution in [0.15, 0.2) is 36.5 Å². The van der Waals surface area contributed by atoms with E-state index >= 15 is 0 Å². The lowest BCUT2D eigenvalue weighted by Crippen LogP contribution is -2.36. The maximum atomic E-state index is 13.8. The van der Waals surface area contributed by atoms with Crippen molar-refractivity contribution in [2.75, 3.05) is 38.3 Å². The lowest BCUT2D eigenvalue weighted by Gasteiger charge is -2.28. The van der Waals surface area contributed by atoms with E-state index in [0.717, 1.165) is 0 Å². The Hall–Kier alpha value is -2.97. The van der Waals surface area contributed by atoms with Crippen molar-refractivity contribution in [1.82, 2.24) is 9.97 Å². The molecule has 0 aliphatic carbocycles. The Kier molecular flexibility index (Phi) is 6.20. The number of hydrogen-bond acceptors (Lipinski definition) is 7. The van der Waals surface area contributed by atoms with Gasteiger partial charge in [-0.1, -0.05) is 11.6 Å². The Labute approximate surface area is 183 Å². The molecule has 9 heteroatoms. The third-order valence-electron chi connectivity index (χ3n) is 5.06. The predicted molar refractivity (Wildman–Crippen MR) is 114 cm³/mol. The first-order valence-electron chi connectivity index (χ1n) is 9.79. The summed E-state index contributed by atoms with van der Waals surface area (Å²) >= 11 is 5.76. The zero-order valence-electron chi connectivity index (χ0n) is 17.1. The fraction of sp³-hybridized carbons (Fsp3) is 0.318. The predicted octanol–water partition coefficient (Wildman–Crippen LogP) is 4.19. The molecule has 1 unspecified atom stereocenters. The van der Waals surface area contributed by atoms with Crippen LogP contribution in [-0.4, -0.2) is 49.4 Å². The van der Waals surface area contributed by atoms with Crippen LogP contribution in [0, 0.1) is 5.82 Å². The van der Waals surface area contributed by atoms with Crippen LogP contribution < -0.4 is 9.64 Å². The quantitative estimate of drug-likeness (QED) is 0.545. The van der Waals surface area contributed by atoms with Crippen LogP contribution in [0.3, 0.4) is 0 Å². The average Bonchev–Trinajstić information content (AvgIpc) is 2.80. The van der Waals surface area contributed by atoms with Crippen LogP contribution in [0.2, 0.25) is 5.02 Å². The molecule has 0 saturated carbocycles. The second-order valence-corrected chi connectivity index (χ2v) is 7.50. The molecule has 3 aromatic rings. The SMILES string of the molecule is COC(=O)c1cc(C(C)Oc2ccc(Cl)c(F)c2)c2nc(N3CCOCC3)cnc2c1. The zero-order chi connectivity index (χ0) is 22.0. The molecule has 0 radical (unpaired) electrons. The number of anilines is 1. The number of aromatic nitrogens is 2. The molecule has 1 aliphatic heterocycles. The molecule has 7 nitrogen and oxygen atoms in total. The number of nitrogens with zero attached hydrogens (tertiary/aromatic N) is 3. The number of carbonyl (C=O) groups excluding carboxylic acids is 1. The van der Waals surface area contributed by atoms with E-state index in [9.17, 15) is 9.18 Å². The molecule has 1 saturated heterocycles. The number of carbonyl (C=O) groups is 1. The number of benzene rings is 2. The van der Waals surface area contributed by atoms with Gasteiger partial charge in [-0.2, -0.15) is 0 Å². The summed E-state index contributed by atoms with van der Waals surface area (Å²) in [5.74, 6) is -0.0446. The molecule has 2 heterocycles. The third-order valence-corrected chi connectivity index (χ3v) is 5.37. The van der Waals surface area contributed by atoms with E-state index in [1.54, 1.807) is 31.3 Å². The summed E-state index contributed by atoms with van der Waals surface area (Å²) in [6.07, 6.45) is 1.13. The van der Waals surface area contributed by atoms with Crippen molar-refractivity contribution < 1.29 is 23.4 Å². The van der Waals surface area contributed by atoms with Crippen LogP contribution in [0.1, 0.15) is 28.9 Å². The number of halogens is 2. The first kappa shape index (κ1) is 21.3. The lowest BCUT2D eigenvalue weighted by molar-refractivity contribution is 0.0600. The van der Waals surface area contributed by atoms with E-state index in [0.29, 0.717) is 60.0 Å². The molecule has 162 valence electrons. The normalized spacial score (nSPS) is 15.0.